The van der Waals surface area contributed by atoms with Crippen LogP contribution in [0, 0.1) is 6.92 Å². The van der Waals surface area contributed by atoms with Gasteiger partial charge in [0.1, 0.15) is 11.8 Å². The number of hydrogen-bond acceptors (Lipinski definition) is 3. The van der Waals surface area contributed by atoms with Gasteiger partial charge in [-0.25, -0.2) is 0 Å². The van der Waals surface area contributed by atoms with Crippen molar-refractivity contribution in [2.75, 3.05) is 13.2 Å². The topological polar surface area (TPSA) is 39.1 Å². The Bertz CT molecular complexity index is 423. The lowest BCUT2D eigenvalue weighted by molar-refractivity contribution is 0.165. The van der Waals surface area contributed by atoms with E-state index in [0.717, 1.165) is 43.9 Å². The molecule has 0 amide bonds. The lowest BCUT2D eigenvalue weighted by Crippen LogP contribution is -2.28. The van der Waals surface area contributed by atoms with Crippen LogP contribution in [0.25, 0.3) is 0 Å². The standard InChI is InChI=1S/C14H23N3O/c1-4-8-15-14(13-7-5-6-9-18-13)12-10-11(2)16-17(12)3/h7,10,14-15H,4-6,8-9H2,1-3H3. The van der Waals surface area contributed by atoms with Gasteiger partial charge in [-0.15, -0.1) is 0 Å². The Morgan fingerprint density at radius 2 is 2.39 bits per heavy atom. The molecule has 0 spiro atoms. The molecule has 4 heteroatoms. The molecule has 0 aromatic carbocycles. The first-order chi connectivity index (χ1) is 8.72. The van der Waals surface area contributed by atoms with Crippen molar-refractivity contribution < 1.29 is 4.74 Å². The number of aryl methyl sites for hydroxylation is 2. The average Bonchev–Trinajstić information content (AvgIpc) is 2.70. The third-order valence-electron chi connectivity index (χ3n) is 3.18. The Morgan fingerprint density at radius 1 is 1.56 bits per heavy atom. The van der Waals surface area contributed by atoms with E-state index in [0.29, 0.717) is 0 Å². The van der Waals surface area contributed by atoms with Crippen molar-refractivity contribution in [1.29, 1.82) is 0 Å². The summed E-state index contributed by atoms with van der Waals surface area (Å²) in [5, 5.41) is 7.98. The predicted molar refractivity (Wildman–Crippen MR) is 72.2 cm³/mol. The van der Waals surface area contributed by atoms with Crippen molar-refractivity contribution >= 4 is 0 Å². The van der Waals surface area contributed by atoms with Gasteiger partial charge in [-0.05, 0) is 44.9 Å². The molecule has 0 fully saturated rings. The van der Waals surface area contributed by atoms with Crippen molar-refractivity contribution in [1.82, 2.24) is 15.1 Å². The van der Waals surface area contributed by atoms with Crippen LogP contribution in [0.5, 0.6) is 0 Å². The SMILES string of the molecule is CCCNC(C1=CCCCO1)c1cc(C)nn1C. The molecule has 18 heavy (non-hydrogen) atoms. The molecule has 100 valence electrons. The maximum Gasteiger partial charge on any atom is 0.115 e. The smallest absolute Gasteiger partial charge is 0.115 e. The van der Waals surface area contributed by atoms with E-state index in [2.05, 4.69) is 29.5 Å². The molecule has 1 atom stereocenters. The third-order valence-corrected chi connectivity index (χ3v) is 3.18. The first kappa shape index (κ1) is 13.1. The first-order valence-corrected chi connectivity index (χ1v) is 6.79. The van der Waals surface area contributed by atoms with Gasteiger partial charge in [0, 0.05) is 7.05 Å². The van der Waals surface area contributed by atoms with E-state index >= 15 is 0 Å². The summed E-state index contributed by atoms with van der Waals surface area (Å²) in [5.41, 5.74) is 2.22. The first-order valence-electron chi connectivity index (χ1n) is 6.79. The van der Waals surface area contributed by atoms with E-state index in [1.165, 1.54) is 5.69 Å². The zero-order valence-corrected chi connectivity index (χ0v) is 11.6. The molecule has 1 aliphatic heterocycles. The third kappa shape index (κ3) is 2.93. The molecule has 1 aromatic heterocycles. The lowest BCUT2D eigenvalue weighted by atomic mass is 10.1. The van der Waals surface area contributed by atoms with E-state index in [9.17, 15) is 0 Å². The Kier molecular flexibility index (Phi) is 4.42. The second-order valence-corrected chi connectivity index (χ2v) is 4.82. The summed E-state index contributed by atoms with van der Waals surface area (Å²) in [7, 11) is 1.99. The van der Waals surface area contributed by atoms with Crippen LogP contribution in [-0.4, -0.2) is 22.9 Å². The summed E-state index contributed by atoms with van der Waals surface area (Å²) >= 11 is 0. The Morgan fingerprint density at radius 3 is 2.94 bits per heavy atom. The minimum absolute atomic E-state index is 0.136. The molecule has 4 nitrogen and oxygen atoms in total. The van der Waals surface area contributed by atoms with Crippen LogP contribution in [0.3, 0.4) is 0 Å². The van der Waals surface area contributed by atoms with E-state index < -0.39 is 0 Å². The number of hydrogen-bond donors (Lipinski definition) is 1. The average molecular weight is 249 g/mol. The van der Waals surface area contributed by atoms with Crippen molar-refractivity contribution in [2.45, 2.75) is 39.2 Å². The lowest BCUT2D eigenvalue weighted by Gasteiger charge is -2.24. The van der Waals surface area contributed by atoms with Gasteiger partial charge < -0.3 is 10.1 Å². The fourth-order valence-electron chi connectivity index (χ4n) is 2.32. The molecule has 1 aliphatic rings. The van der Waals surface area contributed by atoms with Gasteiger partial charge in [-0.2, -0.15) is 5.10 Å². The Balaban J connectivity index is 2.23. The molecule has 0 bridgehead atoms. The highest BCUT2D eigenvalue weighted by molar-refractivity contribution is 5.22. The zero-order chi connectivity index (χ0) is 13.0. The van der Waals surface area contributed by atoms with Crippen molar-refractivity contribution in [3.8, 4) is 0 Å². The van der Waals surface area contributed by atoms with Crippen LogP contribution < -0.4 is 5.32 Å². The fraction of sp³-hybridized carbons (Fsp3) is 0.643. The maximum absolute atomic E-state index is 5.81. The van der Waals surface area contributed by atoms with Gasteiger partial charge in [0.15, 0.2) is 0 Å². The van der Waals surface area contributed by atoms with E-state index in [4.69, 9.17) is 4.74 Å². The molecular weight excluding hydrogens is 226 g/mol. The van der Waals surface area contributed by atoms with Crippen LogP contribution >= 0.6 is 0 Å². The summed E-state index contributed by atoms with van der Waals surface area (Å²) in [6.45, 7) is 6.01. The predicted octanol–water partition coefficient (Wildman–Crippen LogP) is 2.46. The monoisotopic (exact) mass is 249 g/mol. The second-order valence-electron chi connectivity index (χ2n) is 4.82. The van der Waals surface area contributed by atoms with Gasteiger partial charge >= 0.3 is 0 Å². The van der Waals surface area contributed by atoms with Gasteiger partial charge in [-0.1, -0.05) is 6.92 Å². The largest absolute Gasteiger partial charge is 0.496 e. The Labute approximate surface area is 109 Å². The van der Waals surface area contributed by atoms with Crippen molar-refractivity contribution in [3.63, 3.8) is 0 Å². The summed E-state index contributed by atoms with van der Waals surface area (Å²) in [6, 6.07) is 2.27. The molecule has 1 unspecified atom stereocenters. The normalized spacial score (nSPS) is 17.2. The van der Waals surface area contributed by atoms with Crippen LogP contribution in [0.4, 0.5) is 0 Å². The molecule has 1 N–H and O–H groups in total. The second kappa shape index (κ2) is 6.05. The summed E-state index contributed by atoms with van der Waals surface area (Å²) in [6.07, 6.45) is 5.55. The molecule has 2 heterocycles. The van der Waals surface area contributed by atoms with Crippen molar-refractivity contribution in [3.05, 3.63) is 29.3 Å². The highest BCUT2D eigenvalue weighted by Gasteiger charge is 2.22. The van der Waals surface area contributed by atoms with Crippen LogP contribution in [0.15, 0.2) is 17.9 Å². The number of nitrogens with zero attached hydrogens (tertiary/aromatic N) is 2. The number of nitrogens with one attached hydrogen (secondary N) is 1. The van der Waals surface area contributed by atoms with Crippen LogP contribution in [0.2, 0.25) is 0 Å². The van der Waals surface area contributed by atoms with Crippen LogP contribution in [0.1, 0.15) is 43.6 Å². The highest BCUT2D eigenvalue weighted by atomic mass is 16.5. The summed E-state index contributed by atoms with van der Waals surface area (Å²) in [5.74, 6) is 1.05. The molecular formula is C14H23N3O. The number of rotatable bonds is 5. The molecule has 2 rings (SSSR count). The Hall–Kier alpha value is -1.29. The van der Waals surface area contributed by atoms with Gasteiger partial charge in [0.2, 0.25) is 0 Å². The van der Waals surface area contributed by atoms with Gasteiger partial charge in [0.25, 0.3) is 0 Å². The van der Waals surface area contributed by atoms with E-state index in [1.807, 2.05) is 18.7 Å². The molecule has 0 saturated heterocycles. The molecule has 1 aromatic rings. The minimum Gasteiger partial charge on any atom is -0.496 e. The highest BCUT2D eigenvalue weighted by Crippen LogP contribution is 2.26. The van der Waals surface area contributed by atoms with E-state index in [1.54, 1.807) is 0 Å². The summed E-state index contributed by atoms with van der Waals surface area (Å²) in [4.78, 5) is 0. The van der Waals surface area contributed by atoms with Crippen LogP contribution in [-0.2, 0) is 11.8 Å². The zero-order valence-electron chi connectivity index (χ0n) is 11.6. The molecule has 0 radical (unpaired) electrons. The number of ether oxygens (including phenoxy) is 1. The van der Waals surface area contributed by atoms with Crippen molar-refractivity contribution in [2.24, 2.45) is 7.05 Å². The number of aromatic nitrogens is 2. The van der Waals surface area contributed by atoms with E-state index in [-0.39, 0.29) is 6.04 Å². The van der Waals surface area contributed by atoms with Gasteiger partial charge in [-0.3, -0.25) is 4.68 Å². The molecule has 0 aliphatic carbocycles. The minimum atomic E-state index is 0.136. The number of allylic oxidation sites excluding steroid dienone is 1. The fourth-order valence-corrected chi connectivity index (χ4v) is 2.32. The van der Waals surface area contributed by atoms with Gasteiger partial charge in [0.05, 0.1) is 18.0 Å². The quantitative estimate of drug-likeness (QED) is 0.871. The summed E-state index contributed by atoms with van der Waals surface area (Å²) < 4.78 is 7.76. The maximum atomic E-state index is 5.81. The molecule has 0 saturated carbocycles.